The Morgan fingerprint density at radius 3 is 3.00 bits per heavy atom. The van der Waals surface area contributed by atoms with Gasteiger partial charge in [-0.05, 0) is 30.9 Å². The van der Waals surface area contributed by atoms with E-state index in [1.807, 2.05) is 12.1 Å². The molecule has 0 radical (unpaired) electrons. The molecule has 1 aromatic heterocycles. The minimum absolute atomic E-state index is 0.349. The van der Waals surface area contributed by atoms with Gasteiger partial charge in [0.25, 0.3) is 0 Å². The molecule has 2 nitrogen and oxygen atoms in total. The van der Waals surface area contributed by atoms with E-state index in [-0.39, 0.29) is 6.10 Å². The van der Waals surface area contributed by atoms with Crippen molar-refractivity contribution in [1.82, 2.24) is 4.98 Å². The first-order valence-corrected chi connectivity index (χ1v) is 7.75. The second kappa shape index (κ2) is 5.11. The first-order valence-electron chi connectivity index (χ1n) is 6.14. The van der Waals surface area contributed by atoms with Gasteiger partial charge in [0.05, 0.1) is 16.8 Å². The van der Waals surface area contributed by atoms with Crippen molar-refractivity contribution in [3.63, 3.8) is 0 Å². The van der Waals surface area contributed by atoms with Gasteiger partial charge in [-0.1, -0.05) is 34.1 Å². The maximum atomic E-state index is 9.93. The van der Waals surface area contributed by atoms with Crippen molar-refractivity contribution in [1.29, 1.82) is 0 Å². The van der Waals surface area contributed by atoms with E-state index in [1.165, 1.54) is 10.4 Å². The fourth-order valence-corrected chi connectivity index (χ4v) is 3.94. The number of thiazole rings is 1. The van der Waals surface area contributed by atoms with Crippen LogP contribution in [0.15, 0.2) is 28.7 Å². The molecule has 1 heterocycles. The highest BCUT2D eigenvalue weighted by Crippen LogP contribution is 2.34. The number of hydrogen-bond donors (Lipinski definition) is 1. The van der Waals surface area contributed by atoms with Gasteiger partial charge in [-0.25, -0.2) is 4.98 Å². The van der Waals surface area contributed by atoms with Gasteiger partial charge in [-0.2, -0.15) is 0 Å². The molecule has 1 aliphatic carbocycles. The molecule has 3 rings (SSSR count). The predicted molar refractivity (Wildman–Crippen MR) is 77.0 cm³/mol. The van der Waals surface area contributed by atoms with E-state index >= 15 is 0 Å². The van der Waals surface area contributed by atoms with Crippen LogP contribution in [-0.4, -0.2) is 10.1 Å². The van der Waals surface area contributed by atoms with E-state index in [1.54, 1.807) is 11.3 Å². The molecule has 0 saturated carbocycles. The molecular weight excluding hydrogens is 310 g/mol. The van der Waals surface area contributed by atoms with E-state index in [9.17, 15) is 5.11 Å². The van der Waals surface area contributed by atoms with Crippen molar-refractivity contribution in [2.75, 3.05) is 0 Å². The molecule has 0 fully saturated rings. The summed E-state index contributed by atoms with van der Waals surface area (Å²) in [6, 6.07) is 8.23. The third-order valence-corrected chi connectivity index (χ3v) is 5.17. The lowest BCUT2D eigenvalue weighted by Gasteiger charge is -2.14. The number of halogens is 1. The smallest absolute Gasteiger partial charge is 0.0976 e. The molecule has 0 saturated heterocycles. The van der Waals surface area contributed by atoms with Crippen LogP contribution in [-0.2, 0) is 12.8 Å². The topological polar surface area (TPSA) is 33.1 Å². The number of fused-ring (bicyclic) bond motifs is 1. The monoisotopic (exact) mass is 323 g/mol. The standard InChI is InChI=1S/C14H14BrNOS/c15-10-5-2-1-4-9(10)8-13-16-14-11(17)6-3-7-12(14)18-13/h1-2,4-5,11,17H,3,6-8H2. The lowest BCUT2D eigenvalue weighted by atomic mass is 10.0. The highest BCUT2D eigenvalue weighted by molar-refractivity contribution is 9.10. The van der Waals surface area contributed by atoms with Crippen molar-refractivity contribution in [3.05, 3.63) is 49.9 Å². The summed E-state index contributed by atoms with van der Waals surface area (Å²) in [7, 11) is 0. The summed E-state index contributed by atoms with van der Waals surface area (Å²) in [6.07, 6.45) is 3.49. The Morgan fingerprint density at radius 1 is 1.39 bits per heavy atom. The lowest BCUT2D eigenvalue weighted by Crippen LogP contribution is -2.07. The lowest BCUT2D eigenvalue weighted by molar-refractivity contribution is 0.153. The first kappa shape index (κ1) is 12.3. The largest absolute Gasteiger partial charge is 0.387 e. The van der Waals surface area contributed by atoms with Gasteiger partial charge >= 0.3 is 0 Å². The Morgan fingerprint density at radius 2 is 2.22 bits per heavy atom. The average Bonchev–Trinajstić information content (AvgIpc) is 2.76. The highest BCUT2D eigenvalue weighted by Gasteiger charge is 2.22. The highest BCUT2D eigenvalue weighted by atomic mass is 79.9. The maximum Gasteiger partial charge on any atom is 0.0976 e. The molecule has 0 spiro atoms. The molecule has 2 aromatic rings. The summed E-state index contributed by atoms with van der Waals surface area (Å²) >= 11 is 5.32. The minimum atomic E-state index is -0.349. The third-order valence-electron chi connectivity index (χ3n) is 3.27. The quantitative estimate of drug-likeness (QED) is 0.910. The van der Waals surface area contributed by atoms with E-state index in [0.29, 0.717) is 0 Å². The molecule has 1 N–H and O–H groups in total. The molecule has 0 aliphatic heterocycles. The fraction of sp³-hybridized carbons (Fsp3) is 0.357. The predicted octanol–water partition coefficient (Wildman–Crippen LogP) is 3.87. The number of nitrogens with zero attached hydrogens (tertiary/aromatic N) is 1. The first-order chi connectivity index (χ1) is 8.74. The molecule has 1 unspecified atom stereocenters. The van der Waals surface area contributed by atoms with Crippen molar-refractivity contribution < 1.29 is 5.11 Å². The summed E-state index contributed by atoms with van der Waals surface area (Å²) in [5.41, 5.74) is 2.17. The van der Waals surface area contributed by atoms with Gasteiger partial charge in [-0.15, -0.1) is 11.3 Å². The van der Waals surface area contributed by atoms with Gasteiger partial charge < -0.3 is 5.11 Å². The number of aromatic nitrogens is 1. The normalized spacial score (nSPS) is 18.7. The van der Waals surface area contributed by atoms with E-state index in [2.05, 4.69) is 33.0 Å². The van der Waals surface area contributed by atoms with Gasteiger partial charge in [0.2, 0.25) is 0 Å². The zero-order chi connectivity index (χ0) is 12.5. The zero-order valence-corrected chi connectivity index (χ0v) is 12.3. The molecule has 0 amide bonds. The van der Waals surface area contributed by atoms with Crippen LogP contribution in [0.5, 0.6) is 0 Å². The SMILES string of the molecule is OC1CCCc2sc(Cc3ccccc3Br)nc21. The number of benzene rings is 1. The number of rotatable bonds is 2. The molecule has 0 bridgehead atoms. The number of hydrogen-bond acceptors (Lipinski definition) is 3. The van der Waals surface area contributed by atoms with Crippen LogP contribution in [0, 0.1) is 0 Å². The molecule has 1 aromatic carbocycles. The summed E-state index contributed by atoms with van der Waals surface area (Å²) in [6.45, 7) is 0. The Kier molecular flexibility index (Phi) is 3.50. The van der Waals surface area contributed by atoms with Crippen LogP contribution in [0.4, 0.5) is 0 Å². The molecule has 18 heavy (non-hydrogen) atoms. The maximum absolute atomic E-state index is 9.93. The van der Waals surface area contributed by atoms with E-state index < -0.39 is 0 Å². The van der Waals surface area contributed by atoms with Crippen LogP contribution < -0.4 is 0 Å². The number of aliphatic hydroxyl groups excluding tert-OH is 1. The second-order valence-electron chi connectivity index (χ2n) is 4.59. The second-order valence-corrected chi connectivity index (χ2v) is 6.61. The average molecular weight is 324 g/mol. The summed E-state index contributed by atoms with van der Waals surface area (Å²) < 4.78 is 1.12. The van der Waals surface area contributed by atoms with Gasteiger partial charge in [0, 0.05) is 15.8 Å². The molecule has 4 heteroatoms. The van der Waals surface area contributed by atoms with Gasteiger partial charge in [0.15, 0.2) is 0 Å². The molecule has 1 aliphatic rings. The Bertz CT molecular complexity index is 567. The van der Waals surface area contributed by atoms with Crippen LogP contribution in [0.2, 0.25) is 0 Å². The van der Waals surface area contributed by atoms with Crippen molar-refractivity contribution in [2.45, 2.75) is 31.8 Å². The van der Waals surface area contributed by atoms with Crippen LogP contribution in [0.25, 0.3) is 0 Å². The Hall–Kier alpha value is -0.710. The molecular formula is C14H14BrNOS. The van der Waals surface area contributed by atoms with Gasteiger partial charge in [-0.3, -0.25) is 0 Å². The van der Waals surface area contributed by atoms with E-state index in [4.69, 9.17) is 0 Å². The van der Waals surface area contributed by atoms with Crippen LogP contribution >= 0.6 is 27.3 Å². The van der Waals surface area contributed by atoms with Crippen molar-refractivity contribution >= 4 is 27.3 Å². The van der Waals surface area contributed by atoms with E-state index in [0.717, 1.165) is 40.9 Å². The Labute approximate surface area is 119 Å². The molecule has 1 atom stereocenters. The summed E-state index contributed by atoms with van der Waals surface area (Å²) in [5, 5.41) is 11.0. The Balaban J connectivity index is 1.88. The minimum Gasteiger partial charge on any atom is -0.387 e. The number of aryl methyl sites for hydroxylation is 1. The zero-order valence-electron chi connectivity index (χ0n) is 9.90. The third kappa shape index (κ3) is 2.37. The molecule has 94 valence electrons. The number of aliphatic hydroxyl groups is 1. The summed E-state index contributed by atoms with van der Waals surface area (Å²) in [5.74, 6) is 0. The fourth-order valence-electron chi connectivity index (χ4n) is 2.33. The van der Waals surface area contributed by atoms with Crippen LogP contribution in [0.3, 0.4) is 0 Å². The van der Waals surface area contributed by atoms with Crippen molar-refractivity contribution in [2.24, 2.45) is 0 Å². The van der Waals surface area contributed by atoms with Gasteiger partial charge in [0.1, 0.15) is 0 Å². The summed E-state index contributed by atoms with van der Waals surface area (Å²) in [4.78, 5) is 5.89. The van der Waals surface area contributed by atoms with Crippen molar-refractivity contribution in [3.8, 4) is 0 Å². The van der Waals surface area contributed by atoms with Crippen LogP contribution in [0.1, 0.15) is 40.1 Å².